The summed E-state index contributed by atoms with van der Waals surface area (Å²) in [5.41, 5.74) is 3.35. The molecule has 0 saturated heterocycles. The summed E-state index contributed by atoms with van der Waals surface area (Å²) in [7, 11) is 0. The summed E-state index contributed by atoms with van der Waals surface area (Å²) < 4.78 is 5.46. The van der Waals surface area contributed by atoms with E-state index in [9.17, 15) is 4.79 Å². The number of nitrogens with one attached hydrogen (secondary N) is 1. The minimum absolute atomic E-state index is 0.00349. The van der Waals surface area contributed by atoms with Gasteiger partial charge in [0.05, 0.1) is 19.2 Å². The number of hydrogen-bond donors (Lipinski definition) is 1. The predicted molar refractivity (Wildman–Crippen MR) is 114 cm³/mol. The average Bonchev–Trinajstić information content (AvgIpc) is 3.19. The van der Waals surface area contributed by atoms with Crippen LogP contribution in [0.15, 0.2) is 66.0 Å². The number of rotatable bonds is 6. The van der Waals surface area contributed by atoms with Gasteiger partial charge in [-0.2, -0.15) is 0 Å². The van der Waals surface area contributed by atoms with Gasteiger partial charge in [0.25, 0.3) is 0 Å². The highest BCUT2D eigenvalue weighted by Crippen LogP contribution is 2.37. The third kappa shape index (κ3) is 4.11. The molecule has 1 aliphatic rings. The van der Waals surface area contributed by atoms with Gasteiger partial charge in [-0.25, -0.2) is 0 Å². The van der Waals surface area contributed by atoms with Crippen molar-refractivity contribution in [2.24, 2.45) is 0 Å². The van der Waals surface area contributed by atoms with Crippen LogP contribution in [0.3, 0.4) is 0 Å². The highest BCUT2D eigenvalue weighted by atomic mass is 32.1. The number of benzene rings is 2. The zero-order valence-electron chi connectivity index (χ0n) is 15.9. The first-order chi connectivity index (χ1) is 13.7. The first kappa shape index (κ1) is 18.7. The lowest BCUT2D eigenvalue weighted by atomic mass is 9.93. The number of ether oxygens (including phenoxy) is 1. The van der Waals surface area contributed by atoms with Gasteiger partial charge >= 0.3 is 0 Å². The van der Waals surface area contributed by atoms with E-state index in [1.165, 1.54) is 16.0 Å². The van der Waals surface area contributed by atoms with Gasteiger partial charge in [0.1, 0.15) is 5.75 Å². The average molecular weight is 393 g/mol. The smallest absolute Gasteiger partial charge is 0.238 e. The van der Waals surface area contributed by atoms with Gasteiger partial charge in [0, 0.05) is 17.1 Å². The SMILES string of the molecule is CCOc1ccc(NC(=O)CN2CCc3sccc3[C@@H]2c2ccccc2)cc1. The van der Waals surface area contributed by atoms with Crippen molar-refractivity contribution in [3.05, 3.63) is 82.0 Å². The molecular weight excluding hydrogens is 368 g/mol. The van der Waals surface area contributed by atoms with Crippen LogP contribution in [0.1, 0.15) is 29.0 Å². The number of fused-ring (bicyclic) bond motifs is 1. The number of hydrogen-bond acceptors (Lipinski definition) is 4. The molecule has 2 heterocycles. The monoisotopic (exact) mass is 392 g/mol. The molecule has 3 aromatic rings. The number of thiophene rings is 1. The van der Waals surface area contributed by atoms with E-state index in [0.717, 1.165) is 24.4 Å². The molecule has 0 fully saturated rings. The Hall–Kier alpha value is -2.63. The van der Waals surface area contributed by atoms with Crippen LogP contribution in [0, 0.1) is 0 Å². The van der Waals surface area contributed by atoms with Crippen molar-refractivity contribution in [3.8, 4) is 5.75 Å². The molecule has 0 saturated carbocycles. The van der Waals surface area contributed by atoms with Gasteiger partial charge in [-0.05, 0) is 60.2 Å². The molecule has 4 rings (SSSR count). The van der Waals surface area contributed by atoms with Crippen molar-refractivity contribution in [3.63, 3.8) is 0 Å². The van der Waals surface area contributed by atoms with E-state index < -0.39 is 0 Å². The van der Waals surface area contributed by atoms with E-state index in [1.807, 2.05) is 48.6 Å². The Labute approximate surface area is 169 Å². The van der Waals surface area contributed by atoms with E-state index in [4.69, 9.17) is 4.74 Å². The maximum atomic E-state index is 12.7. The van der Waals surface area contributed by atoms with Gasteiger partial charge in [-0.1, -0.05) is 30.3 Å². The molecule has 1 aromatic heterocycles. The van der Waals surface area contributed by atoms with E-state index in [2.05, 4.69) is 45.9 Å². The molecule has 1 amide bonds. The molecule has 0 unspecified atom stereocenters. The molecule has 0 aliphatic carbocycles. The summed E-state index contributed by atoms with van der Waals surface area (Å²) in [4.78, 5) is 16.4. The maximum Gasteiger partial charge on any atom is 0.238 e. The van der Waals surface area contributed by atoms with Crippen LogP contribution in [-0.2, 0) is 11.2 Å². The van der Waals surface area contributed by atoms with Gasteiger partial charge in [-0.3, -0.25) is 9.69 Å². The molecule has 0 bridgehead atoms. The third-order valence-electron chi connectivity index (χ3n) is 4.98. The van der Waals surface area contributed by atoms with Gasteiger partial charge in [-0.15, -0.1) is 11.3 Å². The molecule has 1 N–H and O–H groups in total. The Morgan fingerprint density at radius 1 is 1.14 bits per heavy atom. The van der Waals surface area contributed by atoms with Crippen molar-refractivity contribution >= 4 is 22.9 Å². The zero-order chi connectivity index (χ0) is 19.3. The van der Waals surface area contributed by atoms with Gasteiger partial charge in [0.2, 0.25) is 5.91 Å². The normalized spacial score (nSPS) is 16.4. The van der Waals surface area contributed by atoms with Gasteiger partial charge in [0.15, 0.2) is 0 Å². The lowest BCUT2D eigenvalue weighted by molar-refractivity contribution is -0.117. The highest BCUT2D eigenvalue weighted by molar-refractivity contribution is 7.10. The second kappa shape index (κ2) is 8.59. The molecule has 4 nitrogen and oxygen atoms in total. The van der Waals surface area contributed by atoms with Crippen molar-refractivity contribution in [1.29, 1.82) is 0 Å². The second-order valence-electron chi connectivity index (χ2n) is 6.84. The van der Waals surface area contributed by atoms with Crippen LogP contribution in [0.2, 0.25) is 0 Å². The Balaban J connectivity index is 1.49. The van der Waals surface area contributed by atoms with Crippen LogP contribution < -0.4 is 10.1 Å². The Morgan fingerprint density at radius 3 is 2.68 bits per heavy atom. The molecule has 5 heteroatoms. The highest BCUT2D eigenvalue weighted by Gasteiger charge is 2.30. The van der Waals surface area contributed by atoms with Crippen LogP contribution in [0.4, 0.5) is 5.69 Å². The lowest BCUT2D eigenvalue weighted by Gasteiger charge is -2.35. The maximum absolute atomic E-state index is 12.7. The topological polar surface area (TPSA) is 41.6 Å². The van der Waals surface area contributed by atoms with Crippen LogP contribution in [-0.4, -0.2) is 30.5 Å². The zero-order valence-corrected chi connectivity index (χ0v) is 16.7. The number of carbonyl (C=O) groups is 1. The van der Waals surface area contributed by atoms with Crippen molar-refractivity contribution in [1.82, 2.24) is 4.90 Å². The summed E-state index contributed by atoms with van der Waals surface area (Å²) in [6, 6.07) is 20.3. The number of carbonyl (C=O) groups excluding carboxylic acids is 1. The first-order valence-corrected chi connectivity index (χ1v) is 10.5. The minimum Gasteiger partial charge on any atom is -0.494 e. The molecule has 0 spiro atoms. The molecular formula is C23H24N2O2S. The summed E-state index contributed by atoms with van der Waals surface area (Å²) in [5.74, 6) is 0.814. The largest absolute Gasteiger partial charge is 0.494 e. The summed E-state index contributed by atoms with van der Waals surface area (Å²) >= 11 is 1.81. The number of anilines is 1. The molecule has 144 valence electrons. The number of amides is 1. The Kier molecular flexibility index (Phi) is 5.74. The molecule has 2 aromatic carbocycles. The quantitative estimate of drug-likeness (QED) is 0.659. The Bertz CT molecular complexity index is 921. The number of nitrogens with zero attached hydrogens (tertiary/aromatic N) is 1. The van der Waals surface area contributed by atoms with Gasteiger partial charge < -0.3 is 10.1 Å². The van der Waals surface area contributed by atoms with Crippen molar-refractivity contribution in [2.45, 2.75) is 19.4 Å². The standard InChI is InChI=1S/C23H24N2O2S/c1-2-27-19-10-8-18(9-11-19)24-22(26)16-25-14-12-21-20(13-15-28-21)23(25)17-6-4-3-5-7-17/h3-11,13,15,23H,2,12,14,16H2,1H3,(H,24,26)/t23-/m0/s1. The van der Waals surface area contributed by atoms with Crippen LogP contribution in [0.25, 0.3) is 0 Å². The summed E-state index contributed by atoms with van der Waals surface area (Å²) in [5, 5.41) is 5.17. The lowest BCUT2D eigenvalue weighted by Crippen LogP contribution is -2.40. The van der Waals surface area contributed by atoms with E-state index in [0.29, 0.717) is 13.2 Å². The van der Waals surface area contributed by atoms with E-state index in [-0.39, 0.29) is 11.9 Å². The molecule has 0 radical (unpaired) electrons. The molecule has 28 heavy (non-hydrogen) atoms. The molecule has 1 aliphatic heterocycles. The van der Waals surface area contributed by atoms with E-state index >= 15 is 0 Å². The first-order valence-electron chi connectivity index (χ1n) is 9.62. The van der Waals surface area contributed by atoms with Crippen molar-refractivity contribution in [2.75, 3.05) is 25.0 Å². The van der Waals surface area contributed by atoms with Crippen LogP contribution in [0.5, 0.6) is 5.75 Å². The van der Waals surface area contributed by atoms with E-state index in [1.54, 1.807) is 0 Å². The Morgan fingerprint density at radius 2 is 1.93 bits per heavy atom. The molecule has 1 atom stereocenters. The third-order valence-corrected chi connectivity index (χ3v) is 5.97. The predicted octanol–water partition coefficient (Wildman–Crippen LogP) is 4.73. The summed E-state index contributed by atoms with van der Waals surface area (Å²) in [6.45, 7) is 3.83. The van der Waals surface area contributed by atoms with Crippen LogP contribution >= 0.6 is 11.3 Å². The summed E-state index contributed by atoms with van der Waals surface area (Å²) in [6.07, 6.45) is 0.993. The van der Waals surface area contributed by atoms with Crippen molar-refractivity contribution < 1.29 is 9.53 Å². The second-order valence-corrected chi connectivity index (χ2v) is 7.84. The fourth-order valence-corrected chi connectivity index (χ4v) is 4.65. The minimum atomic E-state index is 0.00349. The fraction of sp³-hybridized carbons (Fsp3) is 0.261. The fourth-order valence-electron chi connectivity index (χ4n) is 3.75.